The third kappa shape index (κ3) is 8.03. The topological polar surface area (TPSA) is 118 Å². The summed E-state index contributed by atoms with van der Waals surface area (Å²) in [6, 6.07) is 6.17. The minimum atomic E-state index is -0.700. The Balaban J connectivity index is 0.00000512. The van der Waals surface area contributed by atoms with Crippen LogP contribution in [0.1, 0.15) is 25.0 Å². The van der Waals surface area contributed by atoms with Crippen LogP contribution in [-0.4, -0.2) is 84.7 Å². The summed E-state index contributed by atoms with van der Waals surface area (Å²) in [6.07, 6.45) is 0.114. The van der Waals surface area contributed by atoms with Crippen molar-refractivity contribution in [2.75, 3.05) is 58.4 Å². The van der Waals surface area contributed by atoms with E-state index >= 15 is 0 Å². The molecule has 0 amide bonds. The van der Waals surface area contributed by atoms with Gasteiger partial charge in [-0.15, -0.1) is 24.2 Å². The third-order valence-electron chi connectivity index (χ3n) is 4.78. The molecule has 1 aromatic carbocycles. The number of ether oxygens (including phenoxy) is 2. The van der Waals surface area contributed by atoms with Gasteiger partial charge in [0.25, 0.3) is 0 Å². The van der Waals surface area contributed by atoms with Gasteiger partial charge in [0.15, 0.2) is 11.5 Å². The van der Waals surface area contributed by atoms with E-state index in [1.54, 1.807) is 4.90 Å². The molecular formula is C22H34ClN3O5S. The number of hydrogen-bond acceptors (Lipinski definition) is 9. The molecule has 0 radical (unpaired) electrons. The zero-order valence-corrected chi connectivity index (χ0v) is 20.3. The maximum atomic E-state index is 10.4. The lowest BCUT2D eigenvalue weighted by molar-refractivity contribution is 0.0995. The van der Waals surface area contributed by atoms with Crippen molar-refractivity contribution < 1.29 is 24.8 Å². The Morgan fingerprint density at radius 3 is 2.38 bits per heavy atom. The standard InChI is InChI=1S/C22H33N3O5S.ClH/c1-3-29-19-11-16-5-6-24-22(18(16)12-20(19)30-4-2)21(13-23)31-15-17(28)14-25(7-9-26)8-10-27;/h11-12,17,24,26-28H,3-10,14-15H2,1-2H3;1H. The van der Waals surface area contributed by atoms with E-state index in [1.165, 1.54) is 11.8 Å². The lowest BCUT2D eigenvalue weighted by Gasteiger charge is -2.25. The van der Waals surface area contributed by atoms with Crippen molar-refractivity contribution in [1.29, 1.82) is 5.26 Å². The molecule has 2 rings (SSSR count). The van der Waals surface area contributed by atoms with Crippen molar-refractivity contribution in [2.24, 2.45) is 0 Å². The van der Waals surface area contributed by atoms with E-state index in [2.05, 4.69) is 11.4 Å². The maximum absolute atomic E-state index is 10.4. The number of thioether (sulfide) groups is 1. The average Bonchev–Trinajstić information content (AvgIpc) is 2.75. The van der Waals surface area contributed by atoms with Crippen LogP contribution in [0, 0.1) is 11.3 Å². The Bertz CT molecular complexity index is 782. The van der Waals surface area contributed by atoms with Crippen LogP contribution in [0.2, 0.25) is 0 Å². The van der Waals surface area contributed by atoms with Crippen LogP contribution < -0.4 is 14.8 Å². The van der Waals surface area contributed by atoms with Gasteiger partial charge in [-0.1, -0.05) is 0 Å². The first kappa shape index (κ1) is 28.4. The fourth-order valence-electron chi connectivity index (χ4n) is 3.47. The number of halogens is 1. The van der Waals surface area contributed by atoms with Gasteiger partial charge < -0.3 is 30.1 Å². The van der Waals surface area contributed by atoms with E-state index in [1.807, 2.05) is 26.0 Å². The number of aliphatic hydroxyl groups excluding tert-OH is 3. The van der Waals surface area contributed by atoms with Gasteiger partial charge in [0, 0.05) is 37.5 Å². The van der Waals surface area contributed by atoms with Crippen molar-refractivity contribution in [2.45, 2.75) is 26.4 Å². The molecule has 32 heavy (non-hydrogen) atoms. The van der Waals surface area contributed by atoms with Crippen LogP contribution >= 0.6 is 24.2 Å². The molecule has 180 valence electrons. The van der Waals surface area contributed by atoms with E-state index < -0.39 is 6.10 Å². The molecule has 1 aliphatic heterocycles. The molecule has 1 aliphatic rings. The first-order valence-electron chi connectivity index (χ1n) is 10.6. The fraction of sp³-hybridized carbons (Fsp3) is 0.591. The molecule has 1 heterocycles. The number of hydrogen-bond donors (Lipinski definition) is 4. The summed E-state index contributed by atoms with van der Waals surface area (Å²) in [5, 5.41) is 41.8. The van der Waals surface area contributed by atoms with Crippen molar-refractivity contribution >= 4 is 29.9 Å². The Kier molecular flexibility index (Phi) is 13.5. The molecular weight excluding hydrogens is 454 g/mol. The van der Waals surface area contributed by atoms with Crippen LogP contribution in [0.25, 0.3) is 5.70 Å². The lowest BCUT2D eigenvalue weighted by Crippen LogP contribution is -2.37. The minimum Gasteiger partial charge on any atom is -0.490 e. The second-order valence-corrected chi connectivity index (χ2v) is 8.06. The zero-order chi connectivity index (χ0) is 22.6. The number of allylic oxidation sites excluding steroid dienone is 1. The molecule has 4 N–H and O–H groups in total. The fourth-order valence-corrected chi connectivity index (χ4v) is 4.32. The Hall–Kier alpha value is -1.67. The van der Waals surface area contributed by atoms with Crippen molar-refractivity contribution in [3.63, 3.8) is 0 Å². The van der Waals surface area contributed by atoms with E-state index in [4.69, 9.17) is 19.7 Å². The van der Waals surface area contributed by atoms with Gasteiger partial charge in [-0.2, -0.15) is 5.26 Å². The summed E-state index contributed by atoms with van der Waals surface area (Å²) in [6.45, 7) is 6.60. The number of nitrogens with one attached hydrogen (secondary N) is 1. The first-order valence-corrected chi connectivity index (χ1v) is 11.6. The number of rotatable bonds is 13. The Morgan fingerprint density at radius 1 is 1.19 bits per heavy atom. The second-order valence-electron chi connectivity index (χ2n) is 7.03. The Morgan fingerprint density at radius 2 is 1.81 bits per heavy atom. The van der Waals surface area contributed by atoms with Gasteiger partial charge in [-0.05, 0) is 38.0 Å². The van der Waals surface area contributed by atoms with Gasteiger partial charge >= 0.3 is 0 Å². The predicted octanol–water partition coefficient (Wildman–Crippen LogP) is 1.62. The van der Waals surface area contributed by atoms with Crippen molar-refractivity contribution in [1.82, 2.24) is 10.2 Å². The van der Waals surface area contributed by atoms with Crippen molar-refractivity contribution in [3.05, 3.63) is 28.2 Å². The summed E-state index contributed by atoms with van der Waals surface area (Å²) < 4.78 is 11.5. The highest BCUT2D eigenvalue weighted by Crippen LogP contribution is 2.37. The summed E-state index contributed by atoms with van der Waals surface area (Å²) in [7, 11) is 0. The highest BCUT2D eigenvalue weighted by Gasteiger charge is 2.22. The lowest BCUT2D eigenvalue weighted by atomic mass is 9.97. The van der Waals surface area contributed by atoms with Crippen LogP contribution in [0.5, 0.6) is 11.5 Å². The molecule has 1 unspecified atom stereocenters. The second kappa shape index (κ2) is 15.2. The molecule has 1 aromatic rings. The molecule has 0 saturated carbocycles. The van der Waals surface area contributed by atoms with Gasteiger partial charge in [-0.3, -0.25) is 4.90 Å². The number of nitriles is 1. The number of benzene rings is 1. The number of fused-ring (bicyclic) bond motifs is 1. The molecule has 0 aliphatic carbocycles. The molecule has 0 saturated heterocycles. The molecule has 0 aromatic heterocycles. The largest absolute Gasteiger partial charge is 0.490 e. The highest BCUT2D eigenvalue weighted by atomic mass is 35.5. The van der Waals surface area contributed by atoms with E-state index in [0.29, 0.717) is 61.5 Å². The monoisotopic (exact) mass is 487 g/mol. The summed E-state index contributed by atoms with van der Waals surface area (Å²) in [5.74, 6) is 1.68. The summed E-state index contributed by atoms with van der Waals surface area (Å²) in [4.78, 5) is 2.30. The highest BCUT2D eigenvalue weighted by molar-refractivity contribution is 8.03. The minimum absolute atomic E-state index is 0. The van der Waals surface area contributed by atoms with Gasteiger partial charge in [0.2, 0.25) is 0 Å². The number of nitrogens with zero attached hydrogens (tertiary/aromatic N) is 2. The van der Waals surface area contributed by atoms with Crippen LogP contribution in [0.4, 0.5) is 0 Å². The molecule has 10 heteroatoms. The molecule has 0 spiro atoms. The molecule has 0 bridgehead atoms. The van der Waals surface area contributed by atoms with E-state index in [0.717, 1.165) is 23.2 Å². The SMILES string of the molecule is CCOc1cc2c(cc1OCC)C(=C(C#N)SCC(O)CN(CCO)CCO)NCC2.Cl. The first-order chi connectivity index (χ1) is 15.1. The zero-order valence-electron chi connectivity index (χ0n) is 18.7. The predicted molar refractivity (Wildman–Crippen MR) is 129 cm³/mol. The summed E-state index contributed by atoms with van der Waals surface area (Å²) in [5.41, 5.74) is 2.75. The normalized spacial score (nSPS) is 15.2. The van der Waals surface area contributed by atoms with Gasteiger partial charge in [0.05, 0.1) is 38.2 Å². The van der Waals surface area contributed by atoms with E-state index in [9.17, 15) is 10.4 Å². The van der Waals surface area contributed by atoms with Crippen molar-refractivity contribution in [3.8, 4) is 17.6 Å². The number of aliphatic hydroxyl groups is 3. The molecule has 8 nitrogen and oxygen atoms in total. The molecule has 0 fully saturated rings. The quantitative estimate of drug-likeness (QED) is 0.308. The average molecular weight is 488 g/mol. The van der Waals surface area contributed by atoms with Crippen LogP contribution in [-0.2, 0) is 6.42 Å². The van der Waals surface area contributed by atoms with Gasteiger partial charge in [-0.25, -0.2) is 0 Å². The summed E-state index contributed by atoms with van der Waals surface area (Å²) >= 11 is 1.29. The maximum Gasteiger partial charge on any atom is 0.161 e. The third-order valence-corrected chi connectivity index (χ3v) is 5.92. The van der Waals surface area contributed by atoms with Crippen LogP contribution in [0.3, 0.4) is 0 Å². The van der Waals surface area contributed by atoms with Gasteiger partial charge in [0.1, 0.15) is 11.0 Å². The smallest absolute Gasteiger partial charge is 0.161 e. The Labute approximate surface area is 200 Å². The molecule has 1 atom stereocenters. The van der Waals surface area contributed by atoms with E-state index in [-0.39, 0.29) is 25.6 Å². The van der Waals surface area contributed by atoms with Crippen LogP contribution in [0.15, 0.2) is 17.0 Å².